The van der Waals surface area contributed by atoms with Gasteiger partial charge in [0, 0.05) is 18.3 Å². The zero-order chi connectivity index (χ0) is 20.5. The fraction of sp³-hybridized carbons (Fsp3) is 0.222. The van der Waals surface area contributed by atoms with Gasteiger partial charge in [-0.15, -0.1) is 11.3 Å². The number of alkyl halides is 1. The van der Waals surface area contributed by atoms with Crippen LogP contribution in [-0.4, -0.2) is 40.1 Å². The van der Waals surface area contributed by atoms with Crippen LogP contribution in [0.4, 0.5) is 20.3 Å². The Kier molecular flexibility index (Phi) is 5.88. The lowest BCUT2D eigenvalue weighted by atomic mass is 10.3. The summed E-state index contributed by atoms with van der Waals surface area (Å²) in [4.78, 5) is 27.0. The summed E-state index contributed by atoms with van der Waals surface area (Å²) in [5.74, 6) is -0.331. The second-order valence-corrected chi connectivity index (χ2v) is 9.08. The summed E-state index contributed by atoms with van der Waals surface area (Å²) in [6.45, 7) is 0.961. The molecule has 150 valence electrons. The van der Waals surface area contributed by atoms with Gasteiger partial charge in [0.2, 0.25) is 5.95 Å². The van der Waals surface area contributed by atoms with Crippen LogP contribution in [-0.2, 0) is 0 Å². The molecule has 11 heteroatoms. The van der Waals surface area contributed by atoms with Gasteiger partial charge in [0.1, 0.15) is 21.9 Å². The summed E-state index contributed by atoms with van der Waals surface area (Å²) >= 11 is 7.73. The molecule has 1 fully saturated rings. The Balaban J connectivity index is 1.50. The van der Waals surface area contributed by atoms with E-state index in [1.54, 1.807) is 6.20 Å². The molecular formula is C18H13Br2F2N5OS. The standard InChI is InChI=1S/C18H13Br2F2N5OS/c19-12-4-11(6-23-15(12)22)26-17(28)14-7-25-18(29-14)9-3-13(20)16(24-5-9)27-2-1-10(21)8-27/h3-7,10H,1-2,8H2,(H,26,28)/t10-/m1/s1. The molecule has 0 unspecified atom stereocenters. The van der Waals surface area contributed by atoms with Crippen molar-refractivity contribution < 1.29 is 13.6 Å². The minimum atomic E-state index is -0.833. The Morgan fingerprint density at radius 3 is 2.69 bits per heavy atom. The lowest BCUT2D eigenvalue weighted by Gasteiger charge is -2.18. The van der Waals surface area contributed by atoms with Gasteiger partial charge in [-0.25, -0.2) is 19.3 Å². The van der Waals surface area contributed by atoms with Crippen LogP contribution in [0.2, 0.25) is 0 Å². The highest BCUT2D eigenvalue weighted by Gasteiger charge is 2.24. The van der Waals surface area contributed by atoms with Crippen LogP contribution in [0.25, 0.3) is 10.6 Å². The van der Waals surface area contributed by atoms with Gasteiger partial charge < -0.3 is 10.2 Å². The molecule has 0 aromatic carbocycles. The number of carbonyl (C=O) groups is 1. The Bertz CT molecular complexity index is 1080. The predicted molar refractivity (Wildman–Crippen MR) is 115 cm³/mol. The molecule has 0 radical (unpaired) electrons. The summed E-state index contributed by atoms with van der Waals surface area (Å²) in [5.41, 5.74) is 1.11. The van der Waals surface area contributed by atoms with Crippen LogP contribution < -0.4 is 10.2 Å². The van der Waals surface area contributed by atoms with E-state index in [4.69, 9.17) is 0 Å². The lowest BCUT2D eigenvalue weighted by molar-refractivity contribution is 0.103. The van der Waals surface area contributed by atoms with E-state index >= 15 is 0 Å². The van der Waals surface area contributed by atoms with Crippen molar-refractivity contribution >= 4 is 60.6 Å². The number of anilines is 2. The van der Waals surface area contributed by atoms with E-state index in [-0.39, 0.29) is 10.4 Å². The zero-order valence-corrected chi connectivity index (χ0v) is 18.7. The van der Waals surface area contributed by atoms with Gasteiger partial charge in [-0.2, -0.15) is 4.39 Å². The number of halogens is 4. The van der Waals surface area contributed by atoms with E-state index in [1.807, 2.05) is 11.0 Å². The van der Waals surface area contributed by atoms with Crippen molar-refractivity contribution in [3.05, 3.63) is 50.5 Å². The maximum atomic E-state index is 13.5. The normalized spacial score (nSPS) is 16.3. The summed E-state index contributed by atoms with van der Waals surface area (Å²) in [5, 5.41) is 3.28. The third kappa shape index (κ3) is 4.46. The van der Waals surface area contributed by atoms with Crippen molar-refractivity contribution in [3.8, 4) is 10.6 Å². The van der Waals surface area contributed by atoms with E-state index in [9.17, 15) is 13.6 Å². The fourth-order valence-electron chi connectivity index (χ4n) is 2.89. The first-order valence-corrected chi connectivity index (χ1v) is 10.9. The first-order chi connectivity index (χ1) is 13.9. The quantitative estimate of drug-likeness (QED) is 0.465. The Labute approximate surface area is 185 Å². The smallest absolute Gasteiger partial charge is 0.267 e. The van der Waals surface area contributed by atoms with Crippen molar-refractivity contribution in [1.82, 2.24) is 15.0 Å². The van der Waals surface area contributed by atoms with Crippen LogP contribution in [0, 0.1) is 5.95 Å². The van der Waals surface area contributed by atoms with Gasteiger partial charge in [0.25, 0.3) is 5.91 Å². The van der Waals surface area contributed by atoms with Gasteiger partial charge in [-0.1, -0.05) is 0 Å². The molecule has 4 rings (SSSR count). The number of nitrogens with one attached hydrogen (secondary N) is 1. The molecule has 0 bridgehead atoms. The van der Waals surface area contributed by atoms with Gasteiger partial charge in [-0.3, -0.25) is 4.79 Å². The van der Waals surface area contributed by atoms with Crippen molar-refractivity contribution in [2.24, 2.45) is 0 Å². The average Bonchev–Trinajstić information content (AvgIpc) is 3.34. The number of carbonyl (C=O) groups excluding carboxylic acids is 1. The largest absolute Gasteiger partial charge is 0.353 e. The number of amides is 1. The van der Waals surface area contributed by atoms with Crippen LogP contribution in [0.3, 0.4) is 0 Å². The molecule has 1 amide bonds. The molecule has 0 aliphatic carbocycles. The molecule has 4 heterocycles. The lowest BCUT2D eigenvalue weighted by Crippen LogP contribution is -2.21. The van der Waals surface area contributed by atoms with E-state index < -0.39 is 12.1 Å². The highest BCUT2D eigenvalue weighted by Crippen LogP contribution is 2.33. The first kappa shape index (κ1) is 20.3. The molecule has 29 heavy (non-hydrogen) atoms. The van der Waals surface area contributed by atoms with Gasteiger partial charge in [-0.05, 0) is 50.4 Å². The Morgan fingerprint density at radius 2 is 2.00 bits per heavy atom. The van der Waals surface area contributed by atoms with Crippen LogP contribution in [0.5, 0.6) is 0 Å². The van der Waals surface area contributed by atoms with Crippen LogP contribution in [0.1, 0.15) is 16.1 Å². The summed E-state index contributed by atoms with van der Waals surface area (Å²) in [7, 11) is 0. The van der Waals surface area contributed by atoms with E-state index in [2.05, 4.69) is 52.1 Å². The fourth-order valence-corrected chi connectivity index (χ4v) is 4.63. The van der Waals surface area contributed by atoms with Crippen molar-refractivity contribution in [2.45, 2.75) is 12.6 Å². The minimum absolute atomic E-state index is 0.161. The summed E-state index contributed by atoms with van der Waals surface area (Å²) < 4.78 is 27.6. The maximum absolute atomic E-state index is 13.5. The molecular weight excluding hydrogens is 532 g/mol. The average molecular weight is 545 g/mol. The van der Waals surface area contributed by atoms with Gasteiger partial charge in [0.05, 0.1) is 33.6 Å². The number of rotatable bonds is 4. The molecule has 1 aliphatic rings. The number of nitrogens with zero attached hydrogens (tertiary/aromatic N) is 4. The monoisotopic (exact) mass is 543 g/mol. The number of hydrogen-bond donors (Lipinski definition) is 1. The van der Waals surface area contributed by atoms with E-state index in [0.717, 1.165) is 10.0 Å². The minimum Gasteiger partial charge on any atom is -0.353 e. The number of hydrogen-bond acceptors (Lipinski definition) is 6. The van der Waals surface area contributed by atoms with Gasteiger partial charge >= 0.3 is 0 Å². The Hall–Kier alpha value is -1.98. The molecule has 3 aromatic heterocycles. The second-order valence-electron chi connectivity index (χ2n) is 6.34. The third-order valence-corrected chi connectivity index (χ3v) is 6.47. The molecule has 1 saturated heterocycles. The van der Waals surface area contributed by atoms with E-state index in [1.165, 1.54) is 29.8 Å². The number of pyridine rings is 2. The molecule has 1 N–H and O–H groups in total. The maximum Gasteiger partial charge on any atom is 0.267 e. The van der Waals surface area contributed by atoms with Crippen molar-refractivity contribution in [3.63, 3.8) is 0 Å². The zero-order valence-electron chi connectivity index (χ0n) is 14.7. The predicted octanol–water partition coefficient (Wildman–Crippen LogP) is 5.06. The van der Waals surface area contributed by atoms with Crippen molar-refractivity contribution in [1.29, 1.82) is 0 Å². The molecule has 3 aromatic rings. The molecule has 1 atom stereocenters. The van der Waals surface area contributed by atoms with Gasteiger partial charge in [0.15, 0.2) is 0 Å². The summed E-state index contributed by atoms with van der Waals surface area (Å²) in [6, 6.07) is 3.29. The molecule has 1 aliphatic heterocycles. The molecule has 0 spiro atoms. The highest BCUT2D eigenvalue weighted by molar-refractivity contribution is 9.10. The second kappa shape index (κ2) is 8.41. The Morgan fingerprint density at radius 1 is 1.17 bits per heavy atom. The molecule has 0 saturated carbocycles. The van der Waals surface area contributed by atoms with E-state index in [0.29, 0.717) is 40.9 Å². The third-order valence-electron chi connectivity index (χ3n) is 4.28. The summed E-state index contributed by atoms with van der Waals surface area (Å²) in [6.07, 6.45) is 4.03. The number of thiazole rings is 1. The number of aromatic nitrogens is 3. The molecule has 6 nitrogen and oxygen atoms in total. The first-order valence-electron chi connectivity index (χ1n) is 8.54. The highest BCUT2D eigenvalue weighted by atomic mass is 79.9. The van der Waals surface area contributed by atoms with Crippen molar-refractivity contribution in [2.75, 3.05) is 23.3 Å². The van der Waals surface area contributed by atoms with Crippen LogP contribution in [0.15, 0.2) is 39.7 Å². The van der Waals surface area contributed by atoms with Crippen LogP contribution >= 0.6 is 43.2 Å². The SMILES string of the molecule is O=C(Nc1cnc(F)c(Br)c1)c1cnc(-c2cnc(N3CC[C@@H](F)C3)c(Br)c2)s1. The topological polar surface area (TPSA) is 71.0 Å².